The minimum Gasteiger partial charge on any atom is -0.444 e. The molecule has 0 radical (unpaired) electrons. The third-order valence-electron chi connectivity index (χ3n) is 4.81. The Balaban J connectivity index is 1.50. The van der Waals surface area contributed by atoms with Crippen molar-refractivity contribution in [3.8, 4) is 11.3 Å². The molecule has 1 aliphatic heterocycles. The predicted molar refractivity (Wildman–Crippen MR) is 110 cm³/mol. The SMILES string of the molecule is CC(C)(C)OC(=O)N1CCN(c2ccc3cc(-c4ccn[nH]4)c(=O)oc3c2)CC1. The lowest BCUT2D eigenvalue weighted by molar-refractivity contribution is 0.0240. The van der Waals surface area contributed by atoms with Crippen LogP contribution in [0, 0.1) is 0 Å². The van der Waals surface area contributed by atoms with Gasteiger partial charge in [-0.05, 0) is 45.0 Å². The largest absolute Gasteiger partial charge is 0.444 e. The molecule has 8 nitrogen and oxygen atoms in total. The van der Waals surface area contributed by atoms with Crippen molar-refractivity contribution in [1.82, 2.24) is 15.1 Å². The molecule has 1 aliphatic rings. The first-order valence-corrected chi connectivity index (χ1v) is 9.61. The molecule has 29 heavy (non-hydrogen) atoms. The summed E-state index contributed by atoms with van der Waals surface area (Å²) in [6, 6.07) is 9.35. The zero-order chi connectivity index (χ0) is 20.6. The number of piperazine rings is 1. The first-order chi connectivity index (χ1) is 13.8. The van der Waals surface area contributed by atoms with Gasteiger partial charge >= 0.3 is 11.7 Å². The van der Waals surface area contributed by atoms with Crippen LogP contribution < -0.4 is 10.5 Å². The second-order valence-electron chi connectivity index (χ2n) is 8.09. The van der Waals surface area contributed by atoms with Crippen LogP contribution in [0.5, 0.6) is 0 Å². The van der Waals surface area contributed by atoms with Crippen LogP contribution in [0.3, 0.4) is 0 Å². The Kier molecular flexibility index (Phi) is 4.77. The van der Waals surface area contributed by atoms with E-state index in [2.05, 4.69) is 15.1 Å². The van der Waals surface area contributed by atoms with Gasteiger partial charge in [0.2, 0.25) is 0 Å². The van der Waals surface area contributed by atoms with Crippen LogP contribution in [0.2, 0.25) is 0 Å². The van der Waals surface area contributed by atoms with Crippen LogP contribution >= 0.6 is 0 Å². The number of aromatic amines is 1. The number of fused-ring (bicyclic) bond motifs is 1. The molecular weight excluding hydrogens is 372 g/mol. The Bertz CT molecular complexity index is 1070. The number of amides is 1. The molecule has 8 heteroatoms. The maximum Gasteiger partial charge on any atom is 0.410 e. The van der Waals surface area contributed by atoms with Crippen LogP contribution in [-0.4, -0.2) is 53.0 Å². The molecular formula is C21H24N4O4. The maximum absolute atomic E-state index is 12.4. The van der Waals surface area contributed by atoms with Crippen molar-refractivity contribution in [1.29, 1.82) is 0 Å². The van der Waals surface area contributed by atoms with E-state index in [1.54, 1.807) is 23.2 Å². The Labute approximate surface area is 168 Å². The fraction of sp³-hybridized carbons (Fsp3) is 0.381. The van der Waals surface area contributed by atoms with E-state index in [0.717, 1.165) is 11.1 Å². The number of carbonyl (C=O) groups excluding carboxylic acids is 1. The van der Waals surface area contributed by atoms with Crippen molar-refractivity contribution >= 4 is 22.7 Å². The van der Waals surface area contributed by atoms with Gasteiger partial charge in [-0.15, -0.1) is 0 Å². The van der Waals surface area contributed by atoms with Crippen LogP contribution in [0.25, 0.3) is 22.2 Å². The first kappa shape index (κ1) is 19.0. The molecule has 1 amide bonds. The lowest BCUT2D eigenvalue weighted by atomic mass is 10.1. The van der Waals surface area contributed by atoms with Crippen LogP contribution in [0.15, 0.2) is 45.7 Å². The number of benzene rings is 1. The summed E-state index contributed by atoms with van der Waals surface area (Å²) >= 11 is 0. The van der Waals surface area contributed by atoms with Crippen molar-refractivity contribution in [2.75, 3.05) is 31.1 Å². The standard InChI is InChI=1S/C21H24N4O4/c1-21(2,3)29-20(27)25-10-8-24(9-11-25)15-5-4-14-12-16(17-6-7-22-23-17)19(26)28-18(14)13-15/h4-7,12-13H,8-11H2,1-3H3,(H,22,23). The molecule has 0 saturated carbocycles. The van der Waals surface area contributed by atoms with E-state index in [0.29, 0.717) is 43.0 Å². The molecule has 3 heterocycles. The van der Waals surface area contributed by atoms with Gasteiger partial charge in [0, 0.05) is 49.5 Å². The molecule has 0 unspecified atom stereocenters. The molecule has 1 N–H and O–H groups in total. The molecule has 3 aromatic rings. The summed E-state index contributed by atoms with van der Waals surface area (Å²) in [4.78, 5) is 28.5. The molecule has 0 bridgehead atoms. The van der Waals surface area contributed by atoms with E-state index >= 15 is 0 Å². The number of aromatic nitrogens is 2. The predicted octanol–water partition coefficient (Wildman–Crippen LogP) is 3.24. The highest BCUT2D eigenvalue weighted by Crippen LogP contribution is 2.25. The number of carbonyl (C=O) groups is 1. The molecule has 1 aromatic carbocycles. The molecule has 152 valence electrons. The third-order valence-corrected chi connectivity index (χ3v) is 4.81. The van der Waals surface area contributed by atoms with Gasteiger partial charge in [0.25, 0.3) is 0 Å². The Morgan fingerprint density at radius 2 is 1.90 bits per heavy atom. The summed E-state index contributed by atoms with van der Waals surface area (Å²) in [7, 11) is 0. The van der Waals surface area contributed by atoms with Gasteiger partial charge in [-0.1, -0.05) is 0 Å². The number of hydrogen-bond acceptors (Lipinski definition) is 6. The van der Waals surface area contributed by atoms with Crippen molar-refractivity contribution in [3.63, 3.8) is 0 Å². The lowest BCUT2D eigenvalue weighted by Gasteiger charge is -2.36. The number of H-pyrrole nitrogens is 1. The zero-order valence-electron chi connectivity index (χ0n) is 16.8. The van der Waals surface area contributed by atoms with E-state index < -0.39 is 11.2 Å². The van der Waals surface area contributed by atoms with E-state index in [-0.39, 0.29) is 6.09 Å². The van der Waals surface area contributed by atoms with Gasteiger partial charge in [-0.2, -0.15) is 5.10 Å². The number of rotatable bonds is 2. The molecule has 0 spiro atoms. The summed E-state index contributed by atoms with van der Waals surface area (Å²) in [5.74, 6) is 0. The highest BCUT2D eigenvalue weighted by atomic mass is 16.6. The number of hydrogen-bond donors (Lipinski definition) is 1. The van der Waals surface area contributed by atoms with Gasteiger partial charge in [0.15, 0.2) is 0 Å². The smallest absolute Gasteiger partial charge is 0.410 e. The highest BCUT2D eigenvalue weighted by Gasteiger charge is 2.26. The fourth-order valence-electron chi connectivity index (χ4n) is 3.36. The van der Waals surface area contributed by atoms with Crippen molar-refractivity contribution in [2.45, 2.75) is 26.4 Å². The minimum atomic E-state index is -0.501. The fourth-order valence-corrected chi connectivity index (χ4v) is 3.36. The van der Waals surface area contributed by atoms with E-state index in [9.17, 15) is 9.59 Å². The number of anilines is 1. The molecule has 0 atom stereocenters. The summed E-state index contributed by atoms with van der Waals surface area (Å²) in [6.07, 6.45) is 1.31. The molecule has 0 aliphatic carbocycles. The van der Waals surface area contributed by atoms with E-state index in [4.69, 9.17) is 9.15 Å². The summed E-state index contributed by atoms with van der Waals surface area (Å²) in [5.41, 5.74) is 1.66. The Morgan fingerprint density at radius 1 is 1.14 bits per heavy atom. The van der Waals surface area contributed by atoms with Gasteiger partial charge in [-0.3, -0.25) is 5.10 Å². The van der Waals surface area contributed by atoms with Gasteiger partial charge in [0.05, 0.1) is 11.3 Å². The summed E-state index contributed by atoms with van der Waals surface area (Å²) in [5, 5.41) is 7.51. The second-order valence-corrected chi connectivity index (χ2v) is 8.09. The highest BCUT2D eigenvalue weighted by molar-refractivity contribution is 5.84. The summed E-state index contributed by atoms with van der Waals surface area (Å²) in [6.45, 7) is 8.11. The van der Waals surface area contributed by atoms with E-state index in [1.807, 2.05) is 39.0 Å². The van der Waals surface area contributed by atoms with E-state index in [1.165, 1.54) is 0 Å². The first-order valence-electron chi connectivity index (χ1n) is 9.61. The van der Waals surface area contributed by atoms with Crippen LogP contribution in [0.1, 0.15) is 20.8 Å². The number of nitrogens with one attached hydrogen (secondary N) is 1. The van der Waals surface area contributed by atoms with Crippen molar-refractivity contribution < 1.29 is 13.9 Å². The molecule has 1 saturated heterocycles. The third kappa shape index (κ3) is 4.11. The topological polar surface area (TPSA) is 91.7 Å². The van der Waals surface area contributed by atoms with Crippen molar-refractivity contribution in [2.24, 2.45) is 0 Å². The monoisotopic (exact) mass is 396 g/mol. The maximum atomic E-state index is 12.4. The second kappa shape index (κ2) is 7.27. The normalized spacial score (nSPS) is 15.0. The molecule has 1 fully saturated rings. The Hall–Kier alpha value is -3.29. The Morgan fingerprint density at radius 3 is 2.55 bits per heavy atom. The van der Waals surface area contributed by atoms with Gasteiger partial charge in [-0.25, -0.2) is 9.59 Å². The summed E-state index contributed by atoms with van der Waals surface area (Å²) < 4.78 is 11.0. The zero-order valence-corrected chi connectivity index (χ0v) is 16.8. The van der Waals surface area contributed by atoms with Gasteiger partial charge in [0.1, 0.15) is 11.2 Å². The number of ether oxygens (including phenoxy) is 1. The quantitative estimate of drug-likeness (QED) is 0.669. The average Bonchev–Trinajstić information content (AvgIpc) is 3.20. The number of nitrogens with zero attached hydrogens (tertiary/aromatic N) is 3. The van der Waals surface area contributed by atoms with Crippen molar-refractivity contribution in [3.05, 3.63) is 46.9 Å². The lowest BCUT2D eigenvalue weighted by Crippen LogP contribution is -2.50. The minimum absolute atomic E-state index is 0.284. The molecule has 2 aromatic heterocycles. The van der Waals surface area contributed by atoms with Gasteiger partial charge < -0.3 is 19.0 Å². The van der Waals surface area contributed by atoms with Crippen LogP contribution in [-0.2, 0) is 4.74 Å². The molecule has 4 rings (SSSR count). The average molecular weight is 396 g/mol. The van der Waals surface area contributed by atoms with Crippen LogP contribution in [0.4, 0.5) is 10.5 Å².